The summed E-state index contributed by atoms with van der Waals surface area (Å²) in [5, 5.41) is 5.15. The maximum atomic E-state index is 12.2. The lowest BCUT2D eigenvalue weighted by Gasteiger charge is -2.29. The summed E-state index contributed by atoms with van der Waals surface area (Å²) in [5.41, 5.74) is 5.52. The number of amides is 1. The van der Waals surface area contributed by atoms with Crippen LogP contribution in [-0.2, 0) is 4.79 Å². The van der Waals surface area contributed by atoms with Crippen LogP contribution < -0.4 is 15.8 Å². The van der Waals surface area contributed by atoms with Gasteiger partial charge in [-0.3, -0.25) is 4.79 Å². The number of carbonyl (C=O) groups excluding carboxylic acids is 1. The third-order valence-corrected chi connectivity index (χ3v) is 4.44. The molecule has 4 heteroatoms. The number of rotatable bonds is 6. The average Bonchev–Trinajstić information content (AvgIpc) is 3.38. The van der Waals surface area contributed by atoms with E-state index in [0.717, 1.165) is 29.4 Å². The van der Waals surface area contributed by atoms with Gasteiger partial charge in [0, 0.05) is 11.9 Å². The van der Waals surface area contributed by atoms with Gasteiger partial charge in [0.25, 0.3) is 5.91 Å². The molecule has 1 saturated carbocycles. The number of hydrogen-bond acceptors (Lipinski definition) is 3. The molecule has 2 aromatic rings. The standard InChI is InChI=1S/C18H22N2O2/c1-18(12-19,14-9-10-14)20-17(21)11-22-16-8-4-6-13-5-2-3-7-15(13)16/h2-8,14H,9-12,19H2,1H3,(H,20,21). The van der Waals surface area contributed by atoms with Crippen LogP contribution in [0.1, 0.15) is 19.8 Å². The highest BCUT2D eigenvalue weighted by Crippen LogP contribution is 2.38. The lowest BCUT2D eigenvalue weighted by Crippen LogP contribution is -2.54. The van der Waals surface area contributed by atoms with Crippen molar-refractivity contribution in [3.63, 3.8) is 0 Å². The highest BCUT2D eigenvalue weighted by Gasteiger charge is 2.41. The molecule has 2 aromatic carbocycles. The maximum Gasteiger partial charge on any atom is 0.258 e. The minimum atomic E-state index is -0.306. The van der Waals surface area contributed by atoms with Crippen molar-refractivity contribution in [3.8, 4) is 5.75 Å². The third kappa shape index (κ3) is 3.07. The van der Waals surface area contributed by atoms with Crippen LogP contribution in [0.3, 0.4) is 0 Å². The normalized spacial score (nSPS) is 17.0. The molecule has 0 heterocycles. The summed E-state index contributed by atoms with van der Waals surface area (Å²) in [6.45, 7) is 2.48. The van der Waals surface area contributed by atoms with E-state index in [0.29, 0.717) is 12.5 Å². The topological polar surface area (TPSA) is 64.3 Å². The van der Waals surface area contributed by atoms with E-state index in [2.05, 4.69) is 5.32 Å². The summed E-state index contributed by atoms with van der Waals surface area (Å²) in [4.78, 5) is 12.2. The third-order valence-electron chi connectivity index (χ3n) is 4.44. The minimum absolute atomic E-state index is 0.0102. The largest absolute Gasteiger partial charge is 0.483 e. The Balaban J connectivity index is 1.65. The van der Waals surface area contributed by atoms with Gasteiger partial charge in [0.05, 0.1) is 5.54 Å². The first-order valence-electron chi connectivity index (χ1n) is 7.74. The molecule has 4 nitrogen and oxygen atoms in total. The van der Waals surface area contributed by atoms with Crippen LogP contribution in [0, 0.1) is 5.92 Å². The van der Waals surface area contributed by atoms with E-state index < -0.39 is 0 Å². The number of benzene rings is 2. The highest BCUT2D eigenvalue weighted by atomic mass is 16.5. The van der Waals surface area contributed by atoms with Gasteiger partial charge in [-0.25, -0.2) is 0 Å². The zero-order valence-electron chi connectivity index (χ0n) is 12.8. The fourth-order valence-electron chi connectivity index (χ4n) is 2.86. The van der Waals surface area contributed by atoms with Gasteiger partial charge in [0.1, 0.15) is 5.75 Å². The summed E-state index contributed by atoms with van der Waals surface area (Å²) < 4.78 is 5.72. The Morgan fingerprint density at radius 1 is 1.27 bits per heavy atom. The number of hydrogen-bond donors (Lipinski definition) is 2. The van der Waals surface area contributed by atoms with Gasteiger partial charge >= 0.3 is 0 Å². The lowest BCUT2D eigenvalue weighted by atomic mass is 9.96. The number of nitrogens with two attached hydrogens (primary N) is 1. The molecule has 22 heavy (non-hydrogen) atoms. The van der Waals surface area contributed by atoms with Crippen LogP contribution in [-0.4, -0.2) is 24.6 Å². The van der Waals surface area contributed by atoms with Gasteiger partial charge in [0.2, 0.25) is 0 Å². The van der Waals surface area contributed by atoms with Crippen molar-refractivity contribution in [1.29, 1.82) is 0 Å². The molecule has 1 amide bonds. The van der Waals surface area contributed by atoms with Crippen LogP contribution in [0.5, 0.6) is 5.75 Å². The first-order valence-corrected chi connectivity index (χ1v) is 7.74. The van der Waals surface area contributed by atoms with Gasteiger partial charge in [0.15, 0.2) is 6.61 Å². The highest BCUT2D eigenvalue weighted by molar-refractivity contribution is 5.88. The number of carbonyl (C=O) groups is 1. The average molecular weight is 298 g/mol. The molecule has 0 aromatic heterocycles. The van der Waals surface area contributed by atoms with Crippen LogP contribution in [0.4, 0.5) is 0 Å². The lowest BCUT2D eigenvalue weighted by molar-refractivity contribution is -0.125. The Morgan fingerprint density at radius 3 is 2.73 bits per heavy atom. The second-order valence-corrected chi connectivity index (χ2v) is 6.21. The molecule has 1 aliphatic rings. The van der Waals surface area contributed by atoms with Gasteiger partial charge in [-0.1, -0.05) is 36.4 Å². The SMILES string of the molecule is CC(CN)(NC(=O)COc1cccc2ccccc12)C1CC1. The van der Waals surface area contributed by atoms with Crippen molar-refractivity contribution in [2.75, 3.05) is 13.2 Å². The van der Waals surface area contributed by atoms with Crippen LogP contribution in [0.2, 0.25) is 0 Å². The van der Waals surface area contributed by atoms with Crippen molar-refractivity contribution in [1.82, 2.24) is 5.32 Å². The number of fused-ring (bicyclic) bond motifs is 1. The van der Waals surface area contributed by atoms with Crippen molar-refractivity contribution in [2.45, 2.75) is 25.3 Å². The predicted octanol–water partition coefficient (Wildman–Crippen LogP) is 2.46. The Morgan fingerprint density at radius 2 is 2.00 bits per heavy atom. The zero-order valence-corrected chi connectivity index (χ0v) is 12.8. The molecule has 0 aliphatic heterocycles. The summed E-state index contributed by atoms with van der Waals surface area (Å²) in [6, 6.07) is 13.8. The van der Waals surface area contributed by atoms with Crippen LogP contribution in [0.15, 0.2) is 42.5 Å². The monoisotopic (exact) mass is 298 g/mol. The fraction of sp³-hybridized carbons (Fsp3) is 0.389. The molecule has 1 unspecified atom stereocenters. The Kier molecular flexibility index (Phi) is 4.03. The molecule has 0 bridgehead atoms. The maximum absolute atomic E-state index is 12.2. The first-order chi connectivity index (χ1) is 10.6. The summed E-state index contributed by atoms with van der Waals surface area (Å²) >= 11 is 0. The van der Waals surface area contributed by atoms with Gasteiger partial charge in [-0.15, -0.1) is 0 Å². The fourth-order valence-corrected chi connectivity index (χ4v) is 2.86. The second kappa shape index (κ2) is 5.97. The van der Waals surface area contributed by atoms with Crippen molar-refractivity contribution >= 4 is 16.7 Å². The van der Waals surface area contributed by atoms with E-state index >= 15 is 0 Å². The van der Waals surface area contributed by atoms with E-state index in [4.69, 9.17) is 10.5 Å². The molecule has 1 atom stereocenters. The molecular weight excluding hydrogens is 276 g/mol. The predicted molar refractivity (Wildman–Crippen MR) is 87.8 cm³/mol. The Hall–Kier alpha value is -2.07. The molecule has 1 aliphatic carbocycles. The van der Waals surface area contributed by atoms with Gasteiger partial charge in [-0.2, -0.15) is 0 Å². The number of ether oxygens (including phenoxy) is 1. The molecule has 0 radical (unpaired) electrons. The van der Waals surface area contributed by atoms with Crippen LogP contribution >= 0.6 is 0 Å². The summed E-state index contributed by atoms with van der Waals surface area (Å²) in [5.74, 6) is 1.11. The van der Waals surface area contributed by atoms with E-state index in [9.17, 15) is 4.79 Å². The summed E-state index contributed by atoms with van der Waals surface area (Å²) in [6.07, 6.45) is 2.27. The second-order valence-electron chi connectivity index (χ2n) is 6.21. The summed E-state index contributed by atoms with van der Waals surface area (Å²) in [7, 11) is 0. The quantitative estimate of drug-likeness (QED) is 0.861. The zero-order chi connectivity index (χ0) is 15.6. The molecule has 0 saturated heterocycles. The molecular formula is C18H22N2O2. The molecule has 3 N–H and O–H groups in total. The van der Waals surface area contributed by atoms with Crippen LogP contribution in [0.25, 0.3) is 10.8 Å². The first kappa shape index (κ1) is 14.9. The van der Waals surface area contributed by atoms with E-state index in [1.807, 2.05) is 49.4 Å². The molecule has 1 fully saturated rings. The Labute approximate surface area is 130 Å². The van der Waals surface area contributed by atoms with E-state index in [1.54, 1.807) is 0 Å². The van der Waals surface area contributed by atoms with Crippen molar-refractivity contribution in [3.05, 3.63) is 42.5 Å². The van der Waals surface area contributed by atoms with Gasteiger partial charge < -0.3 is 15.8 Å². The molecule has 3 rings (SSSR count). The molecule has 116 valence electrons. The van der Waals surface area contributed by atoms with E-state index in [-0.39, 0.29) is 18.1 Å². The number of nitrogens with one attached hydrogen (secondary N) is 1. The van der Waals surface area contributed by atoms with Gasteiger partial charge in [-0.05, 0) is 37.1 Å². The molecule has 0 spiro atoms. The Bertz CT molecular complexity index is 676. The van der Waals surface area contributed by atoms with Crippen molar-refractivity contribution in [2.24, 2.45) is 11.7 Å². The van der Waals surface area contributed by atoms with Crippen molar-refractivity contribution < 1.29 is 9.53 Å². The minimum Gasteiger partial charge on any atom is -0.483 e. The van der Waals surface area contributed by atoms with E-state index in [1.165, 1.54) is 0 Å². The smallest absolute Gasteiger partial charge is 0.258 e.